The van der Waals surface area contributed by atoms with Crippen LogP contribution in [0.15, 0.2) is 48.7 Å². The van der Waals surface area contributed by atoms with Gasteiger partial charge in [-0.3, -0.25) is 4.90 Å². The summed E-state index contributed by atoms with van der Waals surface area (Å²) in [6.07, 6.45) is 7.47. The second-order valence-electron chi connectivity index (χ2n) is 7.45. The number of phenolic OH excluding ortho intramolecular Hbond substituents is 1. The van der Waals surface area contributed by atoms with Crippen molar-refractivity contribution in [2.24, 2.45) is 0 Å². The topological polar surface area (TPSA) is 39.3 Å². The third kappa shape index (κ3) is 3.36. The molecule has 0 fully saturated rings. The molecule has 4 rings (SSSR count). The van der Waals surface area contributed by atoms with E-state index in [4.69, 9.17) is 0 Å². The Morgan fingerprint density at radius 2 is 2.00 bits per heavy atom. The van der Waals surface area contributed by atoms with Gasteiger partial charge in [-0.15, -0.1) is 0 Å². The number of phenols is 1. The van der Waals surface area contributed by atoms with Crippen LogP contribution in [-0.4, -0.2) is 34.1 Å². The van der Waals surface area contributed by atoms with Crippen molar-refractivity contribution in [3.63, 3.8) is 0 Å². The predicted molar refractivity (Wildman–Crippen MR) is 108 cm³/mol. The van der Waals surface area contributed by atoms with Crippen LogP contribution in [0.25, 0.3) is 10.9 Å². The molecule has 0 aliphatic heterocycles. The van der Waals surface area contributed by atoms with Gasteiger partial charge in [0.05, 0.1) is 0 Å². The zero-order valence-electron chi connectivity index (χ0n) is 15.5. The molecular formula is C23H28N2O. The molecule has 0 saturated heterocycles. The lowest BCUT2D eigenvalue weighted by molar-refractivity contribution is 0.181. The van der Waals surface area contributed by atoms with E-state index < -0.39 is 0 Å². The molecule has 1 aromatic heterocycles. The van der Waals surface area contributed by atoms with Crippen LogP contribution in [0.3, 0.4) is 0 Å². The van der Waals surface area contributed by atoms with Gasteiger partial charge in [0.15, 0.2) is 0 Å². The van der Waals surface area contributed by atoms with E-state index in [1.807, 2.05) is 18.3 Å². The van der Waals surface area contributed by atoms with Crippen LogP contribution >= 0.6 is 0 Å². The van der Waals surface area contributed by atoms with Crippen molar-refractivity contribution in [3.8, 4) is 5.75 Å². The van der Waals surface area contributed by atoms with Crippen molar-refractivity contribution in [1.82, 2.24) is 9.88 Å². The number of H-pyrrole nitrogens is 1. The van der Waals surface area contributed by atoms with Gasteiger partial charge >= 0.3 is 0 Å². The summed E-state index contributed by atoms with van der Waals surface area (Å²) in [4.78, 5) is 5.98. The van der Waals surface area contributed by atoms with Crippen molar-refractivity contribution in [2.45, 2.75) is 45.1 Å². The van der Waals surface area contributed by atoms with Gasteiger partial charge in [0.1, 0.15) is 5.75 Å². The SMILES string of the molecule is CCCN(CCc1cccc2[nH]ccc12)C1CCc2c(O)cccc2C1. The first kappa shape index (κ1) is 17.2. The standard InChI is InChI=1S/C23H28N2O/c1-2-14-25(15-12-17-5-3-7-22-20(17)11-13-24-22)19-9-10-21-18(16-19)6-4-8-23(21)26/h3-8,11,13,19,24,26H,2,9-10,12,14-16H2,1H3. The summed E-state index contributed by atoms with van der Waals surface area (Å²) in [7, 11) is 0. The summed E-state index contributed by atoms with van der Waals surface area (Å²) in [6.45, 7) is 4.50. The van der Waals surface area contributed by atoms with Gasteiger partial charge in [0, 0.05) is 29.7 Å². The third-order valence-corrected chi connectivity index (χ3v) is 5.81. The number of rotatable bonds is 6. The van der Waals surface area contributed by atoms with Gasteiger partial charge in [0.25, 0.3) is 0 Å². The second-order valence-corrected chi connectivity index (χ2v) is 7.45. The molecule has 0 bridgehead atoms. The van der Waals surface area contributed by atoms with Crippen LogP contribution in [0.2, 0.25) is 0 Å². The van der Waals surface area contributed by atoms with Crippen LogP contribution in [0.1, 0.15) is 36.5 Å². The molecule has 0 spiro atoms. The first-order valence-corrected chi connectivity index (χ1v) is 9.85. The number of nitrogens with one attached hydrogen (secondary N) is 1. The highest BCUT2D eigenvalue weighted by molar-refractivity contribution is 5.82. The maximum Gasteiger partial charge on any atom is 0.119 e. The Balaban J connectivity index is 1.49. The summed E-state index contributed by atoms with van der Waals surface area (Å²) >= 11 is 0. The summed E-state index contributed by atoms with van der Waals surface area (Å²) in [5, 5.41) is 11.5. The van der Waals surface area contributed by atoms with Crippen molar-refractivity contribution in [2.75, 3.05) is 13.1 Å². The lowest BCUT2D eigenvalue weighted by Crippen LogP contribution is -2.41. The average Bonchev–Trinajstić information content (AvgIpc) is 3.14. The van der Waals surface area contributed by atoms with Crippen molar-refractivity contribution in [1.29, 1.82) is 0 Å². The predicted octanol–water partition coefficient (Wildman–Crippen LogP) is 4.69. The molecule has 1 aliphatic carbocycles. The van der Waals surface area contributed by atoms with Crippen LogP contribution in [0.4, 0.5) is 0 Å². The number of benzene rings is 2. The fourth-order valence-corrected chi connectivity index (χ4v) is 4.48. The molecule has 3 heteroatoms. The summed E-state index contributed by atoms with van der Waals surface area (Å²) in [5.41, 5.74) is 5.15. The van der Waals surface area contributed by atoms with Gasteiger partial charge in [-0.2, -0.15) is 0 Å². The van der Waals surface area contributed by atoms with Gasteiger partial charge < -0.3 is 10.1 Å². The van der Waals surface area contributed by atoms with Gasteiger partial charge in [0.2, 0.25) is 0 Å². The van der Waals surface area contributed by atoms with E-state index in [0.717, 1.165) is 44.3 Å². The Morgan fingerprint density at radius 3 is 2.88 bits per heavy atom. The Labute approximate surface area is 155 Å². The Kier molecular flexibility index (Phi) is 4.98. The number of hydrogen-bond donors (Lipinski definition) is 2. The molecule has 0 saturated carbocycles. The second kappa shape index (κ2) is 7.55. The molecule has 2 N–H and O–H groups in total. The van der Waals surface area contributed by atoms with E-state index >= 15 is 0 Å². The molecule has 0 amide bonds. The first-order chi connectivity index (χ1) is 12.8. The Morgan fingerprint density at radius 1 is 1.12 bits per heavy atom. The summed E-state index contributed by atoms with van der Waals surface area (Å²) in [6, 6.07) is 15.3. The number of hydrogen-bond acceptors (Lipinski definition) is 2. The molecule has 1 unspecified atom stereocenters. The minimum atomic E-state index is 0.474. The largest absolute Gasteiger partial charge is 0.508 e. The van der Waals surface area contributed by atoms with Crippen LogP contribution in [0.5, 0.6) is 5.75 Å². The minimum Gasteiger partial charge on any atom is -0.508 e. The lowest BCUT2D eigenvalue weighted by Gasteiger charge is -2.35. The minimum absolute atomic E-state index is 0.474. The van der Waals surface area contributed by atoms with Crippen molar-refractivity contribution < 1.29 is 5.11 Å². The quantitative estimate of drug-likeness (QED) is 0.678. The highest BCUT2D eigenvalue weighted by Crippen LogP contribution is 2.31. The monoisotopic (exact) mass is 348 g/mol. The number of nitrogens with zero attached hydrogens (tertiary/aromatic N) is 1. The zero-order chi connectivity index (χ0) is 17.9. The van der Waals surface area contributed by atoms with E-state index in [-0.39, 0.29) is 0 Å². The highest BCUT2D eigenvalue weighted by atomic mass is 16.3. The lowest BCUT2D eigenvalue weighted by atomic mass is 9.86. The van der Waals surface area contributed by atoms with Gasteiger partial charge in [-0.25, -0.2) is 0 Å². The number of fused-ring (bicyclic) bond motifs is 2. The van der Waals surface area contributed by atoms with Crippen LogP contribution < -0.4 is 0 Å². The number of aromatic amines is 1. The third-order valence-electron chi connectivity index (χ3n) is 5.81. The molecular weight excluding hydrogens is 320 g/mol. The average molecular weight is 348 g/mol. The van der Waals surface area contributed by atoms with Crippen LogP contribution in [-0.2, 0) is 19.3 Å². The van der Waals surface area contributed by atoms with Crippen molar-refractivity contribution in [3.05, 3.63) is 65.4 Å². The van der Waals surface area contributed by atoms with E-state index in [1.165, 1.54) is 28.5 Å². The normalized spacial score (nSPS) is 16.9. The number of aromatic hydroxyl groups is 1. The molecule has 1 atom stereocenters. The Hall–Kier alpha value is -2.26. The fraction of sp³-hybridized carbons (Fsp3) is 0.391. The van der Waals surface area contributed by atoms with E-state index in [0.29, 0.717) is 11.8 Å². The highest BCUT2D eigenvalue weighted by Gasteiger charge is 2.25. The summed E-state index contributed by atoms with van der Waals surface area (Å²) < 4.78 is 0. The molecule has 1 aliphatic rings. The van der Waals surface area contributed by atoms with E-state index in [9.17, 15) is 5.11 Å². The molecule has 3 nitrogen and oxygen atoms in total. The van der Waals surface area contributed by atoms with E-state index in [2.05, 4.69) is 47.1 Å². The molecule has 26 heavy (non-hydrogen) atoms. The van der Waals surface area contributed by atoms with Gasteiger partial charge in [-0.1, -0.05) is 31.2 Å². The molecule has 136 valence electrons. The maximum atomic E-state index is 10.1. The first-order valence-electron chi connectivity index (χ1n) is 9.85. The number of aromatic nitrogens is 1. The molecule has 2 aromatic carbocycles. The fourth-order valence-electron chi connectivity index (χ4n) is 4.48. The smallest absolute Gasteiger partial charge is 0.119 e. The van der Waals surface area contributed by atoms with E-state index in [1.54, 1.807) is 0 Å². The molecule has 3 aromatic rings. The molecule has 1 heterocycles. The summed E-state index contributed by atoms with van der Waals surface area (Å²) in [5.74, 6) is 0.474. The zero-order valence-corrected chi connectivity index (χ0v) is 15.5. The maximum absolute atomic E-state index is 10.1. The molecule has 0 radical (unpaired) electrons. The van der Waals surface area contributed by atoms with Crippen molar-refractivity contribution >= 4 is 10.9 Å². The van der Waals surface area contributed by atoms with Gasteiger partial charge in [-0.05, 0) is 73.5 Å². The Bertz CT molecular complexity index is 883. The van der Waals surface area contributed by atoms with Crippen LogP contribution in [0, 0.1) is 0 Å².